The van der Waals surface area contributed by atoms with Gasteiger partial charge in [0.2, 0.25) is 6.79 Å². The Balaban J connectivity index is 1.30. The topological polar surface area (TPSA) is 170 Å². The molecule has 2 aromatic heterocycles. The van der Waals surface area contributed by atoms with E-state index in [1.165, 1.54) is 23.4 Å². The van der Waals surface area contributed by atoms with E-state index < -0.39 is 31.8 Å². The Morgan fingerprint density at radius 1 is 1.08 bits per heavy atom. The highest BCUT2D eigenvalue weighted by molar-refractivity contribution is 7.72. The maximum atomic E-state index is 13.5. The van der Waals surface area contributed by atoms with Crippen molar-refractivity contribution >= 4 is 59.1 Å². The highest BCUT2D eigenvalue weighted by Crippen LogP contribution is 2.33. The average molecular weight is 719 g/mol. The summed E-state index contributed by atoms with van der Waals surface area (Å²) < 4.78 is 67.4. The van der Waals surface area contributed by atoms with Gasteiger partial charge in [-0.05, 0) is 72.6 Å². The highest BCUT2D eigenvalue weighted by atomic mass is 35.5. The quantitative estimate of drug-likeness (QED) is 0.0628. The smallest absolute Gasteiger partial charge is 0.412 e. The second-order valence-electron chi connectivity index (χ2n) is 10.2. The molecule has 13 nitrogen and oxygen atoms in total. The molecule has 3 aromatic carbocycles. The number of thiol groups is 1. The molecule has 0 saturated carbocycles. The van der Waals surface area contributed by atoms with E-state index in [1.54, 1.807) is 48.5 Å². The third-order valence-electron chi connectivity index (χ3n) is 6.80. The van der Waals surface area contributed by atoms with Crippen LogP contribution in [0.1, 0.15) is 17.7 Å². The number of nitrogens with zero attached hydrogens (tertiary/aromatic N) is 3. The number of carbonyl (C=O) groups excluding carboxylic acids is 1. The lowest BCUT2D eigenvalue weighted by Crippen LogP contribution is -2.32. The van der Waals surface area contributed by atoms with Crippen LogP contribution in [0.4, 0.5) is 20.7 Å². The van der Waals surface area contributed by atoms with Gasteiger partial charge in [0, 0.05) is 28.9 Å². The molecule has 0 aliphatic rings. The van der Waals surface area contributed by atoms with Gasteiger partial charge in [-0.15, -0.1) is 0 Å². The number of rotatable bonds is 15. The van der Waals surface area contributed by atoms with E-state index in [9.17, 15) is 22.2 Å². The van der Waals surface area contributed by atoms with E-state index in [-0.39, 0.29) is 37.7 Å². The number of amides is 1. The maximum Gasteiger partial charge on any atom is 0.412 e. The third-order valence-corrected chi connectivity index (χ3v) is 8.14. The third kappa shape index (κ3) is 9.75. The number of hydrogen-bond donors (Lipinski definition) is 3. The van der Waals surface area contributed by atoms with E-state index in [1.807, 2.05) is 12.1 Å². The van der Waals surface area contributed by atoms with Gasteiger partial charge in [0.15, 0.2) is 0 Å². The standard InChI is InChI=1S/C31H29ClFN4O9PS/c32-26-15-23(6-9-29(26)43-17-20-3-1-4-22(33)13-20)36-30-25-14-21(5-8-27(25)34-18-35-30)28-10-7-24(46-28)16-37(11-2-12-48(41)42)31(38)44-19-45-47(39)40/h1,3-10,13-15,18,47-48H,2,11-12,16-17,19H2,(H,39,40)(H,34,35,36). The van der Waals surface area contributed by atoms with Crippen molar-refractivity contribution in [1.82, 2.24) is 14.9 Å². The molecular formula is C31H29ClFN4O9PS. The molecule has 1 atom stereocenters. The van der Waals surface area contributed by atoms with E-state index in [0.717, 1.165) is 0 Å². The average Bonchev–Trinajstić information content (AvgIpc) is 3.52. The number of furan rings is 1. The summed E-state index contributed by atoms with van der Waals surface area (Å²) in [4.78, 5) is 31.3. The molecule has 2 heterocycles. The molecule has 2 N–H and O–H groups in total. The number of carbonyl (C=O) groups is 1. The molecule has 1 amide bonds. The largest absolute Gasteiger partial charge is 0.487 e. The Labute approximate surface area is 281 Å². The number of nitrogens with one attached hydrogen (secondary N) is 1. The number of fused-ring (bicyclic) bond motifs is 1. The molecule has 252 valence electrons. The minimum Gasteiger partial charge on any atom is -0.487 e. The summed E-state index contributed by atoms with van der Waals surface area (Å²) in [5.41, 5.74) is 2.64. The normalized spacial score (nSPS) is 11.8. The van der Waals surface area contributed by atoms with Crippen LogP contribution >= 0.6 is 19.9 Å². The second kappa shape index (κ2) is 16.5. The van der Waals surface area contributed by atoms with Gasteiger partial charge < -0.3 is 29.0 Å². The lowest BCUT2D eigenvalue weighted by Gasteiger charge is -2.20. The number of ether oxygens (including phenoxy) is 2. The van der Waals surface area contributed by atoms with Crippen LogP contribution in [0.25, 0.3) is 22.2 Å². The van der Waals surface area contributed by atoms with Gasteiger partial charge in [0.05, 0.1) is 17.1 Å². The van der Waals surface area contributed by atoms with Crippen molar-refractivity contribution < 1.29 is 45.5 Å². The first-order valence-electron chi connectivity index (χ1n) is 14.3. The van der Waals surface area contributed by atoms with E-state index in [0.29, 0.717) is 55.8 Å². The van der Waals surface area contributed by atoms with E-state index >= 15 is 0 Å². The molecule has 0 spiro atoms. The zero-order valence-electron chi connectivity index (χ0n) is 25.0. The molecule has 0 fully saturated rings. The summed E-state index contributed by atoms with van der Waals surface area (Å²) in [5, 5.41) is 4.27. The molecule has 5 aromatic rings. The van der Waals surface area contributed by atoms with E-state index in [2.05, 4.69) is 19.8 Å². The lowest BCUT2D eigenvalue weighted by molar-refractivity contribution is 0.0313. The fraction of sp³-hybridized carbons (Fsp3) is 0.194. The Morgan fingerprint density at radius 3 is 2.71 bits per heavy atom. The Hall–Kier alpha value is -4.53. The molecule has 0 aliphatic carbocycles. The fourth-order valence-corrected chi connectivity index (χ4v) is 5.38. The van der Waals surface area contributed by atoms with Crippen LogP contribution in [0.2, 0.25) is 5.02 Å². The van der Waals surface area contributed by atoms with Crippen LogP contribution in [0, 0.1) is 5.82 Å². The molecule has 17 heteroatoms. The van der Waals surface area contributed by atoms with Crippen LogP contribution in [0.3, 0.4) is 0 Å². The van der Waals surface area contributed by atoms with Gasteiger partial charge in [-0.25, -0.2) is 27.6 Å². The van der Waals surface area contributed by atoms with Gasteiger partial charge in [-0.3, -0.25) is 9.09 Å². The molecule has 1 unspecified atom stereocenters. The van der Waals surface area contributed by atoms with Gasteiger partial charge in [0.25, 0.3) is 0 Å². The van der Waals surface area contributed by atoms with Crippen molar-refractivity contribution in [2.24, 2.45) is 0 Å². The zero-order chi connectivity index (χ0) is 34.0. The summed E-state index contributed by atoms with van der Waals surface area (Å²) in [6.07, 6.45) is 0.700. The molecule has 0 aliphatic heterocycles. The van der Waals surface area contributed by atoms with Crippen LogP contribution in [0.5, 0.6) is 5.75 Å². The number of hydrogen-bond acceptors (Lipinski definition) is 11. The first-order valence-corrected chi connectivity index (χ1v) is 17.3. The second-order valence-corrected chi connectivity index (χ2v) is 12.5. The number of anilines is 2. The molecule has 0 radical (unpaired) electrons. The minimum atomic E-state index is -3.30. The van der Waals surface area contributed by atoms with E-state index in [4.69, 9.17) is 30.4 Å². The van der Waals surface area contributed by atoms with Gasteiger partial charge in [0.1, 0.15) is 52.5 Å². The van der Waals surface area contributed by atoms with Crippen molar-refractivity contribution in [3.63, 3.8) is 0 Å². The minimum absolute atomic E-state index is 0.0267. The summed E-state index contributed by atoms with van der Waals surface area (Å²) in [6, 6.07) is 20.1. The first kappa shape index (κ1) is 34.8. The highest BCUT2D eigenvalue weighted by Gasteiger charge is 2.19. The van der Waals surface area contributed by atoms with Gasteiger partial charge in [-0.1, -0.05) is 23.7 Å². The first-order chi connectivity index (χ1) is 23.1. The molecule has 0 saturated heterocycles. The lowest BCUT2D eigenvalue weighted by atomic mass is 10.1. The van der Waals surface area contributed by atoms with Crippen LogP contribution in [-0.2, 0) is 37.7 Å². The summed E-state index contributed by atoms with van der Waals surface area (Å²) in [5.74, 6) is 1.29. The zero-order valence-corrected chi connectivity index (χ0v) is 27.7. The van der Waals surface area contributed by atoms with Gasteiger partial charge >= 0.3 is 14.3 Å². The predicted octanol–water partition coefficient (Wildman–Crippen LogP) is 6.30. The van der Waals surface area contributed by atoms with Crippen molar-refractivity contribution in [1.29, 1.82) is 0 Å². The summed E-state index contributed by atoms with van der Waals surface area (Å²) >= 11 is 6.48. The van der Waals surface area contributed by atoms with Crippen molar-refractivity contribution in [2.45, 2.75) is 19.6 Å². The number of halogens is 2. The predicted molar refractivity (Wildman–Crippen MR) is 177 cm³/mol. The van der Waals surface area contributed by atoms with Crippen LogP contribution in [-0.4, -0.2) is 53.4 Å². The Morgan fingerprint density at radius 2 is 1.94 bits per heavy atom. The van der Waals surface area contributed by atoms with Crippen molar-refractivity contribution in [3.05, 3.63) is 101 Å². The van der Waals surface area contributed by atoms with Crippen molar-refractivity contribution in [3.8, 4) is 17.1 Å². The molecule has 5 rings (SSSR count). The van der Waals surface area contributed by atoms with Crippen LogP contribution < -0.4 is 10.1 Å². The number of aromatic nitrogens is 2. The summed E-state index contributed by atoms with van der Waals surface area (Å²) in [6.45, 7) is -0.624. The monoisotopic (exact) mass is 718 g/mol. The molecular weight excluding hydrogens is 690 g/mol. The molecule has 0 bridgehead atoms. The molecule has 48 heavy (non-hydrogen) atoms. The number of benzene rings is 3. The fourth-order valence-electron chi connectivity index (χ4n) is 4.58. The summed E-state index contributed by atoms with van der Waals surface area (Å²) in [7, 11) is -5.94. The van der Waals surface area contributed by atoms with Gasteiger partial charge in [-0.2, -0.15) is 0 Å². The maximum absolute atomic E-state index is 13.5. The Bertz CT molecular complexity index is 2000. The van der Waals surface area contributed by atoms with Crippen LogP contribution in [0.15, 0.2) is 83.5 Å². The van der Waals surface area contributed by atoms with Crippen molar-refractivity contribution in [2.75, 3.05) is 24.4 Å². The Kier molecular flexibility index (Phi) is 12.0. The SMILES string of the molecule is O=C(OCO[PH](=O)O)N(CCC[SH](=O)=O)Cc1ccc(-c2ccc3ncnc(Nc4ccc(OCc5cccc(F)c5)c(Cl)c4)c3c2)o1.